The molecule has 2 aromatic carbocycles. The molecule has 3 amide bonds. The quantitative estimate of drug-likeness (QED) is 0.221. The first-order valence-corrected chi connectivity index (χ1v) is 12.4. The summed E-state index contributed by atoms with van der Waals surface area (Å²) in [6, 6.07) is 11.0. The Bertz CT molecular complexity index is 1480. The van der Waals surface area contributed by atoms with E-state index < -0.39 is 59.5 Å². The van der Waals surface area contributed by atoms with E-state index in [9.17, 15) is 33.9 Å². The molecule has 3 unspecified atom stereocenters. The van der Waals surface area contributed by atoms with Gasteiger partial charge in [-0.3, -0.25) is 19.2 Å². The SMILES string of the molecule is CC(C)CC(NC(=O)C(Cc1ccccc1)n1c(=O)[nH]c2ccccc2c1=O)C(=O)NC(CC(N)=O)C(=O)O. The molecule has 0 saturated carbocycles. The van der Waals surface area contributed by atoms with E-state index >= 15 is 0 Å². The monoisotopic (exact) mass is 537 g/mol. The number of aromatic amines is 1. The number of nitrogens with zero attached hydrogens (tertiary/aromatic N) is 1. The van der Waals surface area contributed by atoms with Crippen molar-refractivity contribution < 1.29 is 24.3 Å². The van der Waals surface area contributed by atoms with E-state index in [1.807, 2.05) is 0 Å². The minimum absolute atomic E-state index is 0.0382. The van der Waals surface area contributed by atoms with Gasteiger partial charge in [0, 0.05) is 6.42 Å². The minimum atomic E-state index is -1.59. The van der Waals surface area contributed by atoms with Crippen molar-refractivity contribution in [1.29, 1.82) is 0 Å². The van der Waals surface area contributed by atoms with Gasteiger partial charge in [0.2, 0.25) is 17.7 Å². The number of aromatic nitrogens is 2. The Morgan fingerprint density at radius 1 is 0.923 bits per heavy atom. The topological polar surface area (TPSA) is 193 Å². The number of rotatable bonds is 12. The molecule has 3 rings (SSSR count). The molecule has 6 N–H and O–H groups in total. The number of para-hydroxylation sites is 1. The number of benzene rings is 2. The van der Waals surface area contributed by atoms with E-state index in [1.54, 1.807) is 62.4 Å². The van der Waals surface area contributed by atoms with E-state index in [0.717, 1.165) is 4.57 Å². The second-order valence-electron chi connectivity index (χ2n) is 9.62. The highest BCUT2D eigenvalue weighted by molar-refractivity contribution is 5.93. The third kappa shape index (κ3) is 7.40. The van der Waals surface area contributed by atoms with Crippen LogP contribution < -0.4 is 27.6 Å². The van der Waals surface area contributed by atoms with Gasteiger partial charge in [0.05, 0.1) is 17.3 Å². The van der Waals surface area contributed by atoms with Gasteiger partial charge in [-0.2, -0.15) is 0 Å². The van der Waals surface area contributed by atoms with E-state index in [4.69, 9.17) is 5.73 Å². The Hall–Kier alpha value is -4.74. The molecule has 0 radical (unpaired) electrons. The maximum Gasteiger partial charge on any atom is 0.329 e. The van der Waals surface area contributed by atoms with Gasteiger partial charge in [0.25, 0.3) is 5.56 Å². The number of hydrogen-bond donors (Lipinski definition) is 5. The van der Waals surface area contributed by atoms with Crippen LogP contribution in [0.25, 0.3) is 10.9 Å². The van der Waals surface area contributed by atoms with Crippen molar-refractivity contribution >= 4 is 34.6 Å². The number of fused-ring (bicyclic) bond motifs is 1. The molecule has 1 heterocycles. The fraction of sp³-hybridized carbons (Fsp3) is 0.333. The lowest BCUT2D eigenvalue weighted by atomic mass is 10.0. The molecular formula is C27H31N5O7. The molecule has 3 atom stereocenters. The van der Waals surface area contributed by atoms with Gasteiger partial charge in [-0.25, -0.2) is 14.2 Å². The number of aliphatic carboxylic acids is 1. The van der Waals surface area contributed by atoms with Gasteiger partial charge in [-0.1, -0.05) is 56.3 Å². The minimum Gasteiger partial charge on any atom is -0.480 e. The highest BCUT2D eigenvalue weighted by Crippen LogP contribution is 2.15. The lowest BCUT2D eigenvalue weighted by Gasteiger charge is -2.25. The molecule has 0 fully saturated rings. The summed E-state index contributed by atoms with van der Waals surface area (Å²) in [5.74, 6) is -4.13. The number of nitrogens with two attached hydrogens (primary N) is 1. The van der Waals surface area contributed by atoms with E-state index in [-0.39, 0.29) is 24.1 Å². The van der Waals surface area contributed by atoms with Crippen molar-refractivity contribution in [1.82, 2.24) is 20.2 Å². The lowest BCUT2D eigenvalue weighted by Crippen LogP contribution is -2.55. The molecular weight excluding hydrogens is 506 g/mol. The molecule has 39 heavy (non-hydrogen) atoms. The van der Waals surface area contributed by atoms with Crippen LogP contribution in [0.15, 0.2) is 64.2 Å². The van der Waals surface area contributed by atoms with Crippen molar-refractivity contribution in [3.8, 4) is 0 Å². The number of carbonyl (C=O) groups is 4. The third-order valence-corrected chi connectivity index (χ3v) is 6.08. The van der Waals surface area contributed by atoms with Crippen molar-refractivity contribution in [3.63, 3.8) is 0 Å². The summed E-state index contributed by atoms with van der Waals surface area (Å²) in [7, 11) is 0. The number of carboxylic acid groups (broad SMARTS) is 1. The molecule has 0 saturated heterocycles. The maximum absolute atomic E-state index is 13.7. The number of H-pyrrole nitrogens is 1. The average molecular weight is 538 g/mol. The average Bonchev–Trinajstić information content (AvgIpc) is 2.87. The second-order valence-corrected chi connectivity index (χ2v) is 9.62. The third-order valence-electron chi connectivity index (χ3n) is 6.08. The molecule has 1 aromatic heterocycles. The summed E-state index contributed by atoms with van der Waals surface area (Å²) < 4.78 is 0.822. The summed E-state index contributed by atoms with van der Waals surface area (Å²) in [4.78, 5) is 78.6. The molecule has 0 aliphatic heterocycles. The Balaban J connectivity index is 2.01. The first-order valence-electron chi connectivity index (χ1n) is 12.4. The lowest BCUT2D eigenvalue weighted by molar-refractivity contribution is -0.143. The number of hydrogen-bond acceptors (Lipinski definition) is 6. The van der Waals surface area contributed by atoms with Gasteiger partial charge in [0.1, 0.15) is 18.1 Å². The largest absolute Gasteiger partial charge is 0.480 e. The molecule has 12 nitrogen and oxygen atoms in total. The van der Waals surface area contributed by atoms with Crippen LogP contribution in [0.2, 0.25) is 0 Å². The Labute approximate surface area is 223 Å². The number of nitrogens with one attached hydrogen (secondary N) is 3. The van der Waals surface area contributed by atoms with Crippen LogP contribution in [-0.2, 0) is 25.6 Å². The molecule has 12 heteroatoms. The van der Waals surface area contributed by atoms with E-state index in [1.165, 1.54) is 6.07 Å². The van der Waals surface area contributed by atoms with Gasteiger partial charge >= 0.3 is 11.7 Å². The van der Waals surface area contributed by atoms with Crippen LogP contribution in [0.3, 0.4) is 0 Å². The number of primary amides is 1. The predicted molar refractivity (Wildman–Crippen MR) is 143 cm³/mol. The number of carboxylic acids is 1. The van der Waals surface area contributed by atoms with Crippen LogP contribution in [0, 0.1) is 5.92 Å². The standard InChI is InChI=1S/C27H31N5O7/c1-15(2)12-19(23(34)30-20(26(37)38)14-22(28)33)29-24(35)21(13-16-8-4-3-5-9-16)32-25(36)17-10-6-7-11-18(17)31-27(32)39/h3-11,15,19-21H,12-14H2,1-2H3,(H2,28,33)(H,29,35)(H,30,34)(H,31,39)(H,37,38). The van der Waals surface area contributed by atoms with E-state index in [0.29, 0.717) is 11.1 Å². The highest BCUT2D eigenvalue weighted by Gasteiger charge is 2.32. The van der Waals surface area contributed by atoms with E-state index in [2.05, 4.69) is 15.6 Å². The summed E-state index contributed by atoms with van der Waals surface area (Å²) >= 11 is 0. The van der Waals surface area contributed by atoms with Crippen LogP contribution in [0.4, 0.5) is 0 Å². The van der Waals surface area contributed by atoms with Crippen molar-refractivity contribution in [2.45, 2.75) is 51.2 Å². The molecule has 0 bridgehead atoms. The summed E-state index contributed by atoms with van der Waals surface area (Å²) in [5, 5.41) is 14.4. The molecule has 206 valence electrons. The van der Waals surface area contributed by atoms with Crippen LogP contribution in [0.5, 0.6) is 0 Å². The Morgan fingerprint density at radius 3 is 2.15 bits per heavy atom. The van der Waals surface area contributed by atoms with Gasteiger partial charge in [0.15, 0.2) is 0 Å². The van der Waals surface area contributed by atoms with Crippen molar-refractivity contribution in [3.05, 3.63) is 81.0 Å². The fourth-order valence-corrected chi connectivity index (χ4v) is 4.24. The second kappa shape index (κ2) is 12.7. The van der Waals surface area contributed by atoms with Crippen LogP contribution in [-0.4, -0.2) is 50.4 Å². The normalized spacial score (nSPS) is 13.4. The molecule has 3 aromatic rings. The molecule has 0 aliphatic rings. The molecule has 0 spiro atoms. The summed E-state index contributed by atoms with van der Waals surface area (Å²) in [5.41, 5.74) is 4.60. The van der Waals surface area contributed by atoms with Gasteiger partial charge < -0.3 is 26.5 Å². The predicted octanol–water partition coefficient (Wildman–Crippen LogP) is 0.449. The first-order chi connectivity index (χ1) is 18.5. The zero-order valence-electron chi connectivity index (χ0n) is 21.5. The van der Waals surface area contributed by atoms with Gasteiger partial charge in [-0.15, -0.1) is 0 Å². The zero-order chi connectivity index (χ0) is 28.7. The van der Waals surface area contributed by atoms with Crippen LogP contribution in [0.1, 0.15) is 38.3 Å². The Morgan fingerprint density at radius 2 is 1.54 bits per heavy atom. The van der Waals surface area contributed by atoms with Crippen molar-refractivity contribution in [2.75, 3.05) is 0 Å². The first kappa shape index (κ1) is 28.8. The molecule has 0 aliphatic carbocycles. The smallest absolute Gasteiger partial charge is 0.329 e. The fourth-order valence-electron chi connectivity index (χ4n) is 4.24. The van der Waals surface area contributed by atoms with Gasteiger partial charge in [-0.05, 0) is 30.0 Å². The number of amides is 3. The number of carbonyl (C=O) groups excluding carboxylic acids is 3. The highest BCUT2D eigenvalue weighted by atomic mass is 16.4. The summed E-state index contributed by atoms with van der Waals surface area (Å²) in [6.45, 7) is 3.59. The van der Waals surface area contributed by atoms with Crippen LogP contribution >= 0.6 is 0 Å². The van der Waals surface area contributed by atoms with Crippen molar-refractivity contribution in [2.24, 2.45) is 11.7 Å². The maximum atomic E-state index is 13.7. The zero-order valence-corrected chi connectivity index (χ0v) is 21.5. The Kier molecular flexibility index (Phi) is 9.37. The summed E-state index contributed by atoms with van der Waals surface area (Å²) in [6.07, 6.45) is -0.563.